The highest BCUT2D eigenvalue weighted by atomic mass is 19.4. The van der Waals surface area contributed by atoms with Gasteiger partial charge in [-0.2, -0.15) is 23.1 Å². The zero-order chi connectivity index (χ0) is 19.6. The topological polar surface area (TPSA) is 87.3 Å². The van der Waals surface area contributed by atoms with Gasteiger partial charge in [0.05, 0.1) is 12.8 Å². The standard InChI is InChI=1S/C18H18F3N3O3/c1-26-16(25)13(22)8-10-2-6-12(7-3-10)27-17-23-14(11-4-5-11)9-15(24-17)18(19,20)21/h2-3,6-7,9,11,13H,4-5,8,22H2,1H3. The van der Waals surface area contributed by atoms with Gasteiger partial charge in [-0.05, 0) is 43.0 Å². The Hall–Kier alpha value is -2.68. The van der Waals surface area contributed by atoms with Gasteiger partial charge in [0.2, 0.25) is 0 Å². The minimum Gasteiger partial charge on any atom is -0.468 e. The Kier molecular flexibility index (Phi) is 5.31. The molecule has 1 aliphatic rings. The van der Waals surface area contributed by atoms with Crippen molar-refractivity contribution in [3.05, 3.63) is 47.3 Å². The number of ether oxygens (including phenoxy) is 2. The van der Waals surface area contributed by atoms with Crippen molar-refractivity contribution >= 4 is 5.97 Å². The Morgan fingerprint density at radius 2 is 1.93 bits per heavy atom. The van der Waals surface area contributed by atoms with Crippen molar-refractivity contribution in [3.63, 3.8) is 0 Å². The Morgan fingerprint density at radius 1 is 1.26 bits per heavy atom. The number of benzene rings is 1. The summed E-state index contributed by atoms with van der Waals surface area (Å²) in [5.41, 5.74) is 5.77. The first-order chi connectivity index (χ1) is 12.8. The maximum absolute atomic E-state index is 13.0. The molecule has 0 aliphatic heterocycles. The number of nitrogens with zero attached hydrogens (tertiary/aromatic N) is 2. The highest BCUT2D eigenvalue weighted by Gasteiger charge is 2.36. The first kappa shape index (κ1) is 19.1. The number of alkyl halides is 3. The van der Waals surface area contributed by atoms with Gasteiger partial charge in [-0.1, -0.05) is 12.1 Å². The number of aromatic nitrogens is 2. The van der Waals surface area contributed by atoms with Crippen LogP contribution < -0.4 is 10.5 Å². The normalized spacial score (nSPS) is 15.3. The monoisotopic (exact) mass is 381 g/mol. The lowest BCUT2D eigenvalue weighted by Gasteiger charge is -2.12. The van der Waals surface area contributed by atoms with Crippen LogP contribution >= 0.6 is 0 Å². The quantitative estimate of drug-likeness (QED) is 0.773. The van der Waals surface area contributed by atoms with E-state index in [1.165, 1.54) is 7.11 Å². The molecular weight excluding hydrogens is 363 g/mol. The Bertz CT molecular complexity index is 821. The number of halogens is 3. The number of esters is 1. The Balaban J connectivity index is 1.75. The summed E-state index contributed by atoms with van der Waals surface area (Å²) in [6.07, 6.45) is -2.69. The number of methoxy groups -OCH3 is 1. The van der Waals surface area contributed by atoms with Crippen molar-refractivity contribution in [2.45, 2.75) is 37.4 Å². The van der Waals surface area contributed by atoms with Crippen LogP contribution in [0.1, 0.15) is 35.7 Å². The van der Waals surface area contributed by atoms with E-state index in [-0.39, 0.29) is 24.1 Å². The first-order valence-electron chi connectivity index (χ1n) is 8.32. The van der Waals surface area contributed by atoms with Gasteiger partial charge in [-0.25, -0.2) is 0 Å². The fourth-order valence-corrected chi connectivity index (χ4v) is 2.51. The van der Waals surface area contributed by atoms with E-state index in [2.05, 4.69) is 14.7 Å². The lowest BCUT2D eigenvalue weighted by Crippen LogP contribution is -2.33. The molecule has 1 saturated carbocycles. The van der Waals surface area contributed by atoms with Gasteiger partial charge >= 0.3 is 18.2 Å². The summed E-state index contributed by atoms with van der Waals surface area (Å²) in [6, 6.07) is 6.27. The van der Waals surface area contributed by atoms with Crippen LogP contribution in [0.2, 0.25) is 0 Å². The largest absolute Gasteiger partial charge is 0.468 e. The van der Waals surface area contributed by atoms with Crippen LogP contribution in [0.25, 0.3) is 0 Å². The molecule has 0 bridgehead atoms. The van der Waals surface area contributed by atoms with Crippen LogP contribution in [-0.4, -0.2) is 29.1 Å². The third-order valence-electron chi connectivity index (χ3n) is 4.10. The first-order valence-corrected chi connectivity index (χ1v) is 8.32. The smallest absolute Gasteiger partial charge is 0.433 e. The van der Waals surface area contributed by atoms with E-state index in [4.69, 9.17) is 10.5 Å². The van der Waals surface area contributed by atoms with Crippen molar-refractivity contribution in [1.82, 2.24) is 9.97 Å². The van der Waals surface area contributed by atoms with Crippen LogP contribution in [0, 0.1) is 0 Å². The van der Waals surface area contributed by atoms with Crippen molar-refractivity contribution in [2.75, 3.05) is 7.11 Å². The molecule has 0 spiro atoms. The number of nitrogens with two attached hydrogens (primary N) is 1. The SMILES string of the molecule is COC(=O)C(N)Cc1ccc(Oc2nc(C3CC3)cc(C(F)(F)F)n2)cc1. The minimum absolute atomic E-state index is 0.0265. The second-order valence-corrected chi connectivity index (χ2v) is 6.31. The summed E-state index contributed by atoms with van der Waals surface area (Å²) >= 11 is 0. The molecule has 6 nitrogen and oxygen atoms in total. The zero-order valence-electron chi connectivity index (χ0n) is 14.5. The van der Waals surface area contributed by atoms with Gasteiger partial charge < -0.3 is 15.2 Å². The molecule has 3 rings (SSSR count). The summed E-state index contributed by atoms with van der Waals surface area (Å²) in [6.45, 7) is 0. The molecule has 0 saturated heterocycles. The zero-order valence-corrected chi connectivity index (χ0v) is 14.5. The molecule has 1 atom stereocenters. The Morgan fingerprint density at radius 3 is 2.48 bits per heavy atom. The molecule has 1 unspecified atom stereocenters. The third kappa shape index (κ3) is 4.94. The van der Waals surface area contributed by atoms with Crippen molar-refractivity contribution in [2.24, 2.45) is 5.73 Å². The van der Waals surface area contributed by atoms with E-state index in [1.54, 1.807) is 24.3 Å². The molecule has 9 heteroatoms. The van der Waals surface area contributed by atoms with Crippen LogP contribution in [0.5, 0.6) is 11.8 Å². The number of hydrogen-bond donors (Lipinski definition) is 1. The van der Waals surface area contributed by atoms with Gasteiger partial charge in [0.15, 0.2) is 5.69 Å². The maximum atomic E-state index is 13.0. The van der Waals surface area contributed by atoms with Crippen LogP contribution in [-0.2, 0) is 22.1 Å². The summed E-state index contributed by atoms with van der Waals surface area (Å²) in [5, 5.41) is 0. The average molecular weight is 381 g/mol. The molecule has 27 heavy (non-hydrogen) atoms. The predicted molar refractivity (Wildman–Crippen MR) is 89.2 cm³/mol. The summed E-state index contributed by atoms with van der Waals surface area (Å²) in [4.78, 5) is 18.9. The van der Waals surface area contributed by atoms with Crippen LogP contribution in [0.4, 0.5) is 13.2 Å². The van der Waals surface area contributed by atoms with Crippen molar-refractivity contribution < 1.29 is 27.4 Å². The fraction of sp³-hybridized carbons (Fsp3) is 0.389. The molecule has 144 valence electrons. The van der Waals surface area contributed by atoms with E-state index in [0.717, 1.165) is 24.5 Å². The van der Waals surface area contributed by atoms with E-state index < -0.39 is 23.9 Å². The van der Waals surface area contributed by atoms with Gasteiger partial charge in [0, 0.05) is 5.92 Å². The van der Waals surface area contributed by atoms with Gasteiger partial charge in [-0.3, -0.25) is 4.79 Å². The van der Waals surface area contributed by atoms with Crippen LogP contribution in [0.3, 0.4) is 0 Å². The number of carbonyl (C=O) groups is 1. The second kappa shape index (κ2) is 7.51. The lowest BCUT2D eigenvalue weighted by molar-refractivity contribution is -0.142. The van der Waals surface area contributed by atoms with E-state index >= 15 is 0 Å². The second-order valence-electron chi connectivity index (χ2n) is 6.31. The molecule has 1 aromatic heterocycles. The Labute approximate surface area is 153 Å². The molecule has 1 aliphatic carbocycles. The third-order valence-corrected chi connectivity index (χ3v) is 4.10. The maximum Gasteiger partial charge on any atom is 0.433 e. The molecule has 1 aromatic carbocycles. The molecule has 0 radical (unpaired) electrons. The van der Waals surface area contributed by atoms with E-state index in [1.807, 2.05) is 0 Å². The van der Waals surface area contributed by atoms with Gasteiger partial charge in [0.25, 0.3) is 0 Å². The van der Waals surface area contributed by atoms with E-state index in [0.29, 0.717) is 5.69 Å². The fourth-order valence-electron chi connectivity index (χ4n) is 2.51. The number of rotatable bonds is 6. The molecule has 0 amide bonds. The lowest BCUT2D eigenvalue weighted by atomic mass is 10.1. The molecule has 2 aromatic rings. The van der Waals surface area contributed by atoms with Gasteiger partial charge in [-0.15, -0.1) is 0 Å². The molecular formula is C18H18F3N3O3. The van der Waals surface area contributed by atoms with Gasteiger partial charge in [0.1, 0.15) is 11.8 Å². The summed E-state index contributed by atoms with van der Waals surface area (Å²) in [5.74, 6) is -0.217. The molecule has 2 N–H and O–H groups in total. The minimum atomic E-state index is -4.57. The van der Waals surface area contributed by atoms with Crippen molar-refractivity contribution in [3.8, 4) is 11.8 Å². The van der Waals surface area contributed by atoms with E-state index in [9.17, 15) is 18.0 Å². The van der Waals surface area contributed by atoms with Crippen LogP contribution in [0.15, 0.2) is 30.3 Å². The number of carbonyl (C=O) groups excluding carboxylic acids is 1. The summed E-state index contributed by atoms with van der Waals surface area (Å²) < 4.78 is 49.1. The molecule has 1 heterocycles. The predicted octanol–water partition coefficient (Wildman–Crippen LogP) is 3.21. The highest BCUT2D eigenvalue weighted by Crippen LogP contribution is 2.41. The van der Waals surface area contributed by atoms with Crippen molar-refractivity contribution in [1.29, 1.82) is 0 Å². The highest BCUT2D eigenvalue weighted by molar-refractivity contribution is 5.75. The average Bonchev–Trinajstić information content (AvgIpc) is 3.47. The molecule has 1 fully saturated rings. The summed E-state index contributed by atoms with van der Waals surface area (Å²) in [7, 11) is 1.25. The number of hydrogen-bond acceptors (Lipinski definition) is 6.